The number of halogens is 1. The third-order valence-electron chi connectivity index (χ3n) is 6.41. The molecule has 0 radical (unpaired) electrons. The zero-order valence-electron chi connectivity index (χ0n) is 17.5. The number of phenolic OH excluding ortho intramolecular Hbond substituents is 1. The van der Waals surface area contributed by atoms with Crippen LogP contribution in [-0.4, -0.2) is 42.7 Å². The monoisotopic (exact) mass is 417 g/mol. The number of piperidine rings is 1. The second-order valence-corrected chi connectivity index (χ2v) is 8.29. The van der Waals surface area contributed by atoms with E-state index in [1.54, 1.807) is 6.07 Å². The molecule has 1 N–H and O–H groups in total. The summed E-state index contributed by atoms with van der Waals surface area (Å²) in [6, 6.07) is 17.8. The lowest BCUT2D eigenvalue weighted by Gasteiger charge is -2.45. The second kappa shape index (κ2) is 10.1. The Labute approximate surface area is 180 Å². The van der Waals surface area contributed by atoms with Gasteiger partial charge in [0, 0.05) is 13.1 Å². The summed E-state index contributed by atoms with van der Waals surface area (Å²) >= 11 is 0. The Hall–Kier alpha value is -2.04. The van der Waals surface area contributed by atoms with Crippen molar-refractivity contribution < 1.29 is 14.6 Å². The summed E-state index contributed by atoms with van der Waals surface area (Å²) in [5.41, 5.74) is 2.37. The van der Waals surface area contributed by atoms with E-state index in [2.05, 4.69) is 36.9 Å². The molecule has 5 heteroatoms. The molecule has 1 saturated heterocycles. The number of esters is 1. The average Bonchev–Trinajstić information content (AvgIpc) is 2.70. The Bertz CT molecular complexity index is 798. The van der Waals surface area contributed by atoms with Gasteiger partial charge in [-0.15, -0.1) is 12.4 Å². The van der Waals surface area contributed by atoms with E-state index >= 15 is 0 Å². The van der Waals surface area contributed by atoms with Gasteiger partial charge in [0.05, 0.1) is 13.0 Å². The van der Waals surface area contributed by atoms with E-state index in [-0.39, 0.29) is 29.7 Å². The quantitative estimate of drug-likeness (QED) is 0.705. The topological polar surface area (TPSA) is 49.8 Å². The molecule has 3 atom stereocenters. The first-order valence-electron chi connectivity index (χ1n) is 10.1. The molecule has 1 aliphatic heterocycles. The van der Waals surface area contributed by atoms with E-state index in [1.165, 1.54) is 12.7 Å². The number of aromatic hydroxyl groups is 1. The van der Waals surface area contributed by atoms with Crippen molar-refractivity contribution in [1.82, 2.24) is 4.90 Å². The van der Waals surface area contributed by atoms with Crippen LogP contribution in [0.15, 0.2) is 54.6 Å². The van der Waals surface area contributed by atoms with Crippen molar-refractivity contribution >= 4 is 18.4 Å². The van der Waals surface area contributed by atoms with Gasteiger partial charge in [0.2, 0.25) is 0 Å². The van der Waals surface area contributed by atoms with E-state index in [0.717, 1.165) is 25.1 Å². The van der Waals surface area contributed by atoms with E-state index in [1.807, 2.05) is 30.3 Å². The molecule has 0 amide bonds. The molecule has 4 nitrogen and oxygen atoms in total. The number of carbonyl (C=O) groups excluding carboxylic acids is 1. The van der Waals surface area contributed by atoms with Crippen molar-refractivity contribution in [2.45, 2.75) is 32.1 Å². The van der Waals surface area contributed by atoms with Gasteiger partial charge in [-0.3, -0.25) is 4.79 Å². The fourth-order valence-electron chi connectivity index (χ4n) is 4.37. The Morgan fingerprint density at radius 2 is 1.97 bits per heavy atom. The molecular formula is C24H32ClNO3. The molecule has 0 bridgehead atoms. The lowest BCUT2D eigenvalue weighted by atomic mass is 9.68. The Kier molecular flexibility index (Phi) is 8.12. The van der Waals surface area contributed by atoms with Gasteiger partial charge in [-0.05, 0) is 54.0 Å². The van der Waals surface area contributed by atoms with Crippen LogP contribution in [0.5, 0.6) is 5.75 Å². The number of hydrogen-bond donors (Lipinski definition) is 1. The van der Waals surface area contributed by atoms with Crippen LogP contribution in [-0.2, 0) is 21.4 Å². The van der Waals surface area contributed by atoms with Crippen LogP contribution in [0.4, 0.5) is 0 Å². The van der Waals surface area contributed by atoms with Gasteiger partial charge < -0.3 is 14.7 Å². The highest BCUT2D eigenvalue weighted by molar-refractivity contribution is 5.85. The molecule has 0 aliphatic carbocycles. The number of benzene rings is 2. The lowest BCUT2D eigenvalue weighted by molar-refractivity contribution is -0.146. The fraction of sp³-hybridized carbons (Fsp3) is 0.458. The molecule has 1 fully saturated rings. The summed E-state index contributed by atoms with van der Waals surface area (Å²) in [7, 11) is 1.47. The molecule has 2 aromatic carbocycles. The maximum absolute atomic E-state index is 12.4. The summed E-state index contributed by atoms with van der Waals surface area (Å²) in [5.74, 6) is 0.433. The molecule has 2 aromatic rings. The minimum Gasteiger partial charge on any atom is -0.508 e. The highest BCUT2D eigenvalue weighted by Crippen LogP contribution is 2.40. The maximum Gasteiger partial charge on any atom is 0.310 e. The molecular weight excluding hydrogens is 386 g/mol. The Morgan fingerprint density at radius 1 is 1.24 bits per heavy atom. The third kappa shape index (κ3) is 5.52. The Morgan fingerprint density at radius 3 is 2.59 bits per heavy atom. The van der Waals surface area contributed by atoms with Gasteiger partial charge in [-0.2, -0.15) is 0 Å². The van der Waals surface area contributed by atoms with Gasteiger partial charge in [-0.1, -0.05) is 56.3 Å². The summed E-state index contributed by atoms with van der Waals surface area (Å²) < 4.78 is 5.08. The van der Waals surface area contributed by atoms with Gasteiger partial charge in [-0.25, -0.2) is 0 Å². The number of likely N-dealkylation sites (tertiary alicyclic amines) is 1. The first-order chi connectivity index (χ1) is 13.4. The van der Waals surface area contributed by atoms with Crippen molar-refractivity contribution in [1.29, 1.82) is 0 Å². The minimum atomic E-state index is -0.162. The number of nitrogens with zero attached hydrogens (tertiary/aromatic N) is 1. The van der Waals surface area contributed by atoms with Gasteiger partial charge in [0.1, 0.15) is 5.75 Å². The average molecular weight is 418 g/mol. The standard InChI is InChI=1S/C24H31NO3.ClH/c1-18-16-25(13-12-24(18,2)21-10-7-11-22(26)15-21)17-20(23(27)28-3)14-19-8-5-4-6-9-19;/h4-11,15,18,20,26H,12-14,16-17H2,1-3H3;1H/t18-,20?,24+;/m0./s1. The summed E-state index contributed by atoms with van der Waals surface area (Å²) in [6.07, 6.45) is 1.69. The molecule has 3 rings (SSSR count). The fourth-order valence-corrected chi connectivity index (χ4v) is 4.37. The molecule has 0 aromatic heterocycles. The predicted octanol–water partition coefficient (Wildman–Crippen LogP) is 4.45. The van der Waals surface area contributed by atoms with E-state index in [0.29, 0.717) is 24.6 Å². The van der Waals surface area contributed by atoms with Crippen LogP contribution in [0.3, 0.4) is 0 Å². The zero-order chi connectivity index (χ0) is 20.1. The predicted molar refractivity (Wildman–Crippen MR) is 119 cm³/mol. The van der Waals surface area contributed by atoms with Crippen LogP contribution < -0.4 is 0 Å². The van der Waals surface area contributed by atoms with Crippen LogP contribution >= 0.6 is 12.4 Å². The van der Waals surface area contributed by atoms with Gasteiger partial charge in [0.15, 0.2) is 0 Å². The van der Waals surface area contributed by atoms with E-state index < -0.39 is 0 Å². The van der Waals surface area contributed by atoms with E-state index in [9.17, 15) is 9.90 Å². The largest absolute Gasteiger partial charge is 0.508 e. The van der Waals surface area contributed by atoms with Crippen molar-refractivity contribution in [2.24, 2.45) is 11.8 Å². The number of hydrogen-bond acceptors (Lipinski definition) is 4. The number of methoxy groups -OCH3 is 1. The van der Waals surface area contributed by atoms with Crippen molar-refractivity contribution in [3.8, 4) is 5.75 Å². The first-order valence-corrected chi connectivity index (χ1v) is 10.1. The van der Waals surface area contributed by atoms with Crippen LogP contribution in [0, 0.1) is 11.8 Å². The molecule has 1 heterocycles. The highest BCUT2D eigenvalue weighted by atomic mass is 35.5. The van der Waals surface area contributed by atoms with Crippen LogP contribution in [0.25, 0.3) is 0 Å². The molecule has 1 aliphatic rings. The molecule has 0 spiro atoms. The summed E-state index contributed by atoms with van der Waals surface area (Å²) in [4.78, 5) is 14.8. The van der Waals surface area contributed by atoms with Gasteiger partial charge >= 0.3 is 5.97 Å². The number of phenols is 1. The summed E-state index contributed by atoms with van der Waals surface area (Å²) in [6.45, 7) is 7.11. The highest BCUT2D eigenvalue weighted by Gasteiger charge is 2.39. The SMILES string of the molecule is COC(=O)C(Cc1ccccc1)CN1CC[C@@](C)(c2cccc(O)c2)[C@@H](C)C1.Cl. The first kappa shape index (κ1) is 23.2. The van der Waals surface area contributed by atoms with Crippen LogP contribution in [0.2, 0.25) is 0 Å². The van der Waals surface area contributed by atoms with Crippen molar-refractivity contribution in [2.75, 3.05) is 26.7 Å². The normalized spacial score (nSPS) is 23.1. The second-order valence-electron chi connectivity index (χ2n) is 8.29. The number of rotatable bonds is 6. The zero-order valence-corrected chi connectivity index (χ0v) is 18.3. The van der Waals surface area contributed by atoms with Crippen molar-refractivity contribution in [3.05, 3.63) is 65.7 Å². The molecule has 1 unspecified atom stereocenters. The molecule has 0 saturated carbocycles. The Balaban J connectivity index is 0.00000300. The minimum absolute atomic E-state index is 0. The van der Waals surface area contributed by atoms with Crippen molar-refractivity contribution in [3.63, 3.8) is 0 Å². The lowest BCUT2D eigenvalue weighted by Crippen LogP contribution is -2.49. The molecule has 29 heavy (non-hydrogen) atoms. The van der Waals surface area contributed by atoms with Gasteiger partial charge in [0.25, 0.3) is 0 Å². The summed E-state index contributed by atoms with van der Waals surface area (Å²) in [5, 5.41) is 9.88. The maximum atomic E-state index is 12.4. The van der Waals surface area contributed by atoms with E-state index in [4.69, 9.17) is 4.74 Å². The number of carbonyl (C=O) groups is 1. The van der Waals surface area contributed by atoms with Crippen LogP contribution in [0.1, 0.15) is 31.4 Å². The molecule has 158 valence electrons. The third-order valence-corrected chi connectivity index (χ3v) is 6.41. The smallest absolute Gasteiger partial charge is 0.310 e. The number of ether oxygens (including phenoxy) is 1.